The maximum absolute atomic E-state index is 13.2. The Morgan fingerprint density at radius 3 is 2.68 bits per heavy atom. The van der Waals surface area contributed by atoms with Gasteiger partial charge in [0.1, 0.15) is 17.4 Å². The quantitative estimate of drug-likeness (QED) is 0.880. The maximum atomic E-state index is 13.2. The van der Waals surface area contributed by atoms with E-state index in [-0.39, 0.29) is 16.9 Å². The highest BCUT2D eigenvalue weighted by molar-refractivity contribution is 7.89. The Labute approximate surface area is 108 Å². The molecule has 0 spiro atoms. The lowest BCUT2D eigenvalue weighted by molar-refractivity contribution is 0.585. The summed E-state index contributed by atoms with van der Waals surface area (Å²) < 4.78 is 37.3. The van der Waals surface area contributed by atoms with Crippen molar-refractivity contribution in [1.82, 2.24) is 9.78 Å². The van der Waals surface area contributed by atoms with E-state index in [2.05, 4.69) is 5.10 Å². The molecule has 0 amide bonds. The van der Waals surface area contributed by atoms with Crippen LogP contribution in [0.3, 0.4) is 0 Å². The molecular formula is C11H9FN4O2S. The van der Waals surface area contributed by atoms with Crippen molar-refractivity contribution in [2.45, 2.75) is 11.9 Å². The maximum Gasteiger partial charge on any atom is 0.257 e. The summed E-state index contributed by atoms with van der Waals surface area (Å²) in [7, 11) is -4.16. The molecule has 1 aromatic carbocycles. The van der Waals surface area contributed by atoms with Crippen molar-refractivity contribution in [2.24, 2.45) is 5.14 Å². The van der Waals surface area contributed by atoms with E-state index in [1.807, 2.05) is 0 Å². The molecule has 0 aliphatic carbocycles. The Kier molecular flexibility index (Phi) is 3.09. The Morgan fingerprint density at radius 1 is 1.47 bits per heavy atom. The fourth-order valence-electron chi connectivity index (χ4n) is 1.68. The normalized spacial score (nSPS) is 11.3. The van der Waals surface area contributed by atoms with Crippen LogP contribution in [0.2, 0.25) is 0 Å². The van der Waals surface area contributed by atoms with Crippen molar-refractivity contribution in [3.63, 3.8) is 0 Å². The highest BCUT2D eigenvalue weighted by Crippen LogP contribution is 2.21. The molecule has 0 bridgehead atoms. The summed E-state index contributed by atoms with van der Waals surface area (Å²) in [4.78, 5) is 0. The number of aryl methyl sites for hydroxylation is 1. The first kappa shape index (κ1) is 13.2. The second-order valence-electron chi connectivity index (χ2n) is 3.81. The summed E-state index contributed by atoms with van der Waals surface area (Å²) >= 11 is 0. The van der Waals surface area contributed by atoms with E-state index in [0.29, 0.717) is 0 Å². The summed E-state index contributed by atoms with van der Waals surface area (Å²) in [6.45, 7) is 1.48. The van der Waals surface area contributed by atoms with Crippen LogP contribution < -0.4 is 5.14 Å². The molecule has 0 atom stereocenters. The molecule has 2 N–H and O–H groups in total. The summed E-state index contributed by atoms with van der Waals surface area (Å²) in [5.41, 5.74) is 0.233. The summed E-state index contributed by atoms with van der Waals surface area (Å²) in [5, 5.41) is 17.6. The van der Waals surface area contributed by atoms with Crippen LogP contribution in [0.25, 0.3) is 5.69 Å². The van der Waals surface area contributed by atoms with Crippen molar-refractivity contribution in [1.29, 1.82) is 5.26 Å². The van der Waals surface area contributed by atoms with Gasteiger partial charge in [0.25, 0.3) is 10.0 Å². The van der Waals surface area contributed by atoms with Crippen LogP contribution >= 0.6 is 0 Å². The van der Waals surface area contributed by atoms with Gasteiger partial charge in [0, 0.05) is 0 Å². The Bertz CT molecular complexity index is 790. The molecule has 2 rings (SSSR count). The largest absolute Gasteiger partial charge is 0.257 e. The van der Waals surface area contributed by atoms with Crippen LogP contribution in [0, 0.1) is 24.1 Å². The first-order chi connectivity index (χ1) is 8.84. The molecule has 19 heavy (non-hydrogen) atoms. The third kappa shape index (κ3) is 2.33. The van der Waals surface area contributed by atoms with Gasteiger partial charge in [0.2, 0.25) is 0 Å². The van der Waals surface area contributed by atoms with E-state index in [4.69, 9.17) is 10.4 Å². The minimum absolute atomic E-state index is 0.147. The van der Waals surface area contributed by atoms with E-state index in [0.717, 1.165) is 10.7 Å². The fraction of sp³-hybridized carbons (Fsp3) is 0.0909. The van der Waals surface area contributed by atoms with Crippen LogP contribution in [0.4, 0.5) is 4.39 Å². The highest BCUT2D eigenvalue weighted by atomic mass is 32.2. The van der Waals surface area contributed by atoms with Crippen LogP contribution in [0.5, 0.6) is 0 Å². The molecule has 98 valence electrons. The van der Waals surface area contributed by atoms with E-state index in [1.54, 1.807) is 6.07 Å². The third-order valence-corrected chi connectivity index (χ3v) is 3.37. The van der Waals surface area contributed by atoms with Gasteiger partial charge in [-0.2, -0.15) is 10.4 Å². The molecule has 0 unspecified atom stereocenters. The zero-order valence-electron chi connectivity index (χ0n) is 9.83. The standard InChI is InChI=1S/C11H9FN4O2S/c1-7-10(6-13)11(19(14,17)18)16(15-7)9-4-2-3-8(12)5-9/h2-5H,1H3,(H2,14,17,18). The molecule has 0 aliphatic heterocycles. The van der Waals surface area contributed by atoms with Crippen molar-refractivity contribution in [3.8, 4) is 11.8 Å². The number of halogens is 1. The van der Waals surface area contributed by atoms with E-state index < -0.39 is 20.9 Å². The number of nitrogens with two attached hydrogens (primary N) is 1. The van der Waals surface area contributed by atoms with E-state index in [9.17, 15) is 12.8 Å². The van der Waals surface area contributed by atoms with Crippen molar-refractivity contribution in [2.75, 3.05) is 0 Å². The minimum Gasteiger partial charge on any atom is -0.223 e. The topological polar surface area (TPSA) is 102 Å². The second-order valence-corrected chi connectivity index (χ2v) is 5.29. The zero-order chi connectivity index (χ0) is 14.2. The second kappa shape index (κ2) is 4.46. The Balaban J connectivity index is 2.83. The van der Waals surface area contributed by atoms with Gasteiger partial charge in [-0.25, -0.2) is 22.6 Å². The lowest BCUT2D eigenvalue weighted by Crippen LogP contribution is -2.18. The number of rotatable bonds is 2. The molecule has 0 saturated carbocycles. The molecule has 0 saturated heterocycles. The number of nitrogens with zero attached hydrogens (tertiary/aromatic N) is 3. The van der Waals surface area contributed by atoms with Gasteiger partial charge < -0.3 is 0 Å². The van der Waals surface area contributed by atoms with Crippen LogP contribution in [0.15, 0.2) is 29.3 Å². The molecule has 8 heteroatoms. The number of aromatic nitrogens is 2. The SMILES string of the molecule is Cc1nn(-c2cccc(F)c2)c(S(N)(=O)=O)c1C#N. The molecule has 6 nitrogen and oxygen atoms in total. The van der Waals surface area contributed by atoms with Gasteiger partial charge in [0.05, 0.1) is 11.4 Å². The van der Waals surface area contributed by atoms with Crippen LogP contribution in [-0.4, -0.2) is 18.2 Å². The van der Waals surface area contributed by atoms with E-state index in [1.165, 1.54) is 25.1 Å². The van der Waals surface area contributed by atoms with Gasteiger partial charge >= 0.3 is 0 Å². The predicted octanol–water partition coefficient (Wildman–Crippen LogP) is 0.839. The molecular weight excluding hydrogens is 271 g/mol. The smallest absolute Gasteiger partial charge is 0.223 e. The third-order valence-electron chi connectivity index (χ3n) is 2.45. The molecule has 0 radical (unpaired) electrons. The molecule has 0 aliphatic rings. The van der Waals surface area contributed by atoms with Crippen LogP contribution in [-0.2, 0) is 10.0 Å². The number of benzene rings is 1. The van der Waals surface area contributed by atoms with Gasteiger partial charge in [-0.05, 0) is 25.1 Å². The number of hydrogen-bond acceptors (Lipinski definition) is 4. The fourth-order valence-corrected chi connectivity index (χ4v) is 2.55. The summed E-state index contributed by atoms with van der Waals surface area (Å²) in [5.74, 6) is -0.551. The zero-order valence-corrected chi connectivity index (χ0v) is 10.6. The Hall–Kier alpha value is -2.24. The predicted molar refractivity (Wildman–Crippen MR) is 64.3 cm³/mol. The number of primary sulfonamides is 1. The van der Waals surface area contributed by atoms with Crippen molar-refractivity contribution < 1.29 is 12.8 Å². The van der Waals surface area contributed by atoms with Crippen LogP contribution in [0.1, 0.15) is 11.3 Å². The number of nitriles is 1. The number of hydrogen-bond donors (Lipinski definition) is 1. The molecule has 1 aromatic heterocycles. The summed E-state index contributed by atoms with van der Waals surface area (Å²) in [6.07, 6.45) is 0. The highest BCUT2D eigenvalue weighted by Gasteiger charge is 2.25. The lowest BCUT2D eigenvalue weighted by Gasteiger charge is -2.05. The number of sulfonamides is 1. The minimum atomic E-state index is -4.16. The summed E-state index contributed by atoms with van der Waals surface area (Å²) in [6, 6.07) is 6.92. The molecule has 1 heterocycles. The molecule has 2 aromatic rings. The van der Waals surface area contributed by atoms with Gasteiger partial charge in [-0.1, -0.05) is 6.07 Å². The molecule has 0 fully saturated rings. The van der Waals surface area contributed by atoms with Crippen molar-refractivity contribution in [3.05, 3.63) is 41.3 Å². The van der Waals surface area contributed by atoms with E-state index >= 15 is 0 Å². The first-order valence-electron chi connectivity index (χ1n) is 5.13. The van der Waals surface area contributed by atoms with Gasteiger partial charge in [-0.15, -0.1) is 0 Å². The lowest BCUT2D eigenvalue weighted by atomic mass is 10.3. The monoisotopic (exact) mass is 280 g/mol. The first-order valence-corrected chi connectivity index (χ1v) is 6.67. The Morgan fingerprint density at radius 2 is 2.16 bits per heavy atom. The average molecular weight is 280 g/mol. The van der Waals surface area contributed by atoms with Gasteiger partial charge in [0.15, 0.2) is 5.03 Å². The average Bonchev–Trinajstić information content (AvgIpc) is 2.66. The van der Waals surface area contributed by atoms with Crippen molar-refractivity contribution >= 4 is 10.0 Å². The van der Waals surface area contributed by atoms with Gasteiger partial charge in [-0.3, -0.25) is 0 Å².